The van der Waals surface area contributed by atoms with Crippen LogP contribution in [0, 0.1) is 20.8 Å². The molecule has 0 aliphatic rings. The number of aryl methyl sites for hydroxylation is 1. The minimum Gasteiger partial charge on any atom is -0.426 e. The molecule has 0 aliphatic heterocycles. The van der Waals surface area contributed by atoms with E-state index in [-0.39, 0.29) is 5.97 Å². The van der Waals surface area contributed by atoms with Crippen LogP contribution in [-0.4, -0.2) is 16.2 Å². The molecule has 1 aromatic carbocycles. The number of aromatic nitrogens is 2. The van der Waals surface area contributed by atoms with Crippen LogP contribution in [0.5, 0.6) is 5.75 Å². The Kier molecular flexibility index (Phi) is 3.55. The lowest BCUT2D eigenvalue weighted by Crippen LogP contribution is -2.06. The van der Waals surface area contributed by atoms with Crippen molar-refractivity contribution in [2.24, 2.45) is 0 Å². The zero-order valence-corrected chi connectivity index (χ0v) is 11.5. The molecule has 0 amide bonds. The van der Waals surface area contributed by atoms with Gasteiger partial charge in [0.25, 0.3) is 0 Å². The molecule has 2 N–H and O–H groups in total. The van der Waals surface area contributed by atoms with Crippen molar-refractivity contribution in [3.63, 3.8) is 0 Å². The van der Waals surface area contributed by atoms with E-state index in [1.807, 2.05) is 32.9 Å². The molecule has 0 unspecified atom stereocenters. The van der Waals surface area contributed by atoms with E-state index in [4.69, 9.17) is 4.74 Å². The van der Waals surface area contributed by atoms with Gasteiger partial charge in [-0.15, -0.1) is 0 Å². The molecule has 0 fully saturated rings. The average molecular weight is 259 g/mol. The first kappa shape index (κ1) is 13.1. The maximum Gasteiger partial charge on any atom is 0.308 e. The monoisotopic (exact) mass is 259 g/mol. The third-order valence-corrected chi connectivity index (χ3v) is 3.04. The average Bonchev–Trinajstić information content (AvgIpc) is 2.84. The fourth-order valence-electron chi connectivity index (χ4n) is 1.96. The summed E-state index contributed by atoms with van der Waals surface area (Å²) in [6, 6.07) is 3.81. The molecule has 2 aromatic rings. The number of hydrogen-bond donors (Lipinski definition) is 2. The summed E-state index contributed by atoms with van der Waals surface area (Å²) in [5, 5.41) is 10.0. The SMILES string of the molecule is CC(=O)Oc1c(C)cc(Nc2ccn[nH]2)c(C)c1C. The summed E-state index contributed by atoms with van der Waals surface area (Å²) in [7, 11) is 0. The van der Waals surface area contributed by atoms with Gasteiger partial charge in [0.2, 0.25) is 0 Å². The molecule has 5 heteroatoms. The smallest absolute Gasteiger partial charge is 0.308 e. The Labute approximate surface area is 112 Å². The fourth-order valence-corrected chi connectivity index (χ4v) is 1.96. The van der Waals surface area contributed by atoms with E-state index in [1.54, 1.807) is 6.20 Å². The number of hydrogen-bond acceptors (Lipinski definition) is 4. The second-order valence-corrected chi connectivity index (χ2v) is 4.51. The van der Waals surface area contributed by atoms with Crippen molar-refractivity contribution >= 4 is 17.5 Å². The third-order valence-electron chi connectivity index (χ3n) is 3.04. The Balaban J connectivity index is 2.39. The highest BCUT2D eigenvalue weighted by Gasteiger charge is 2.13. The van der Waals surface area contributed by atoms with E-state index in [0.717, 1.165) is 28.2 Å². The second-order valence-electron chi connectivity index (χ2n) is 4.51. The summed E-state index contributed by atoms with van der Waals surface area (Å²) in [6.07, 6.45) is 1.69. The standard InChI is InChI=1S/C14H17N3O2/c1-8-7-12(16-13-5-6-15-17-13)9(2)10(3)14(8)19-11(4)18/h5-7H,1-4H3,(H2,15,16,17). The number of nitrogens with zero attached hydrogens (tertiary/aromatic N) is 1. The van der Waals surface area contributed by atoms with E-state index in [9.17, 15) is 4.79 Å². The van der Waals surface area contributed by atoms with E-state index >= 15 is 0 Å². The van der Waals surface area contributed by atoms with Gasteiger partial charge in [-0.25, -0.2) is 0 Å². The second kappa shape index (κ2) is 5.14. The molecule has 0 saturated heterocycles. The van der Waals surface area contributed by atoms with Crippen LogP contribution in [0.3, 0.4) is 0 Å². The van der Waals surface area contributed by atoms with Gasteiger partial charge in [0.15, 0.2) is 0 Å². The molecule has 0 spiro atoms. The lowest BCUT2D eigenvalue weighted by molar-refractivity contribution is -0.131. The Morgan fingerprint density at radius 2 is 2.05 bits per heavy atom. The summed E-state index contributed by atoms with van der Waals surface area (Å²) in [6.45, 7) is 7.26. The van der Waals surface area contributed by atoms with Crippen molar-refractivity contribution in [3.05, 3.63) is 35.0 Å². The predicted octanol–water partition coefficient (Wildman–Crippen LogP) is 3.00. The van der Waals surface area contributed by atoms with Crippen LogP contribution in [0.2, 0.25) is 0 Å². The maximum atomic E-state index is 11.1. The molecule has 0 radical (unpaired) electrons. The third kappa shape index (κ3) is 2.76. The Morgan fingerprint density at radius 3 is 2.63 bits per heavy atom. The highest BCUT2D eigenvalue weighted by molar-refractivity contribution is 5.73. The first-order valence-corrected chi connectivity index (χ1v) is 6.04. The first-order valence-electron chi connectivity index (χ1n) is 6.04. The lowest BCUT2D eigenvalue weighted by atomic mass is 10.0. The number of H-pyrrole nitrogens is 1. The van der Waals surface area contributed by atoms with Crippen LogP contribution in [0.15, 0.2) is 18.3 Å². The number of anilines is 2. The molecule has 2 rings (SSSR count). The molecule has 1 aromatic heterocycles. The molecular formula is C14H17N3O2. The van der Waals surface area contributed by atoms with Gasteiger partial charge in [0.05, 0.1) is 6.20 Å². The highest BCUT2D eigenvalue weighted by Crippen LogP contribution is 2.32. The Bertz CT molecular complexity index is 604. The molecule has 0 saturated carbocycles. The minimum absolute atomic E-state index is 0.306. The summed E-state index contributed by atoms with van der Waals surface area (Å²) in [4.78, 5) is 11.1. The van der Waals surface area contributed by atoms with Crippen molar-refractivity contribution in [1.82, 2.24) is 10.2 Å². The normalized spacial score (nSPS) is 10.3. The summed E-state index contributed by atoms with van der Waals surface area (Å²) in [5.41, 5.74) is 3.88. The van der Waals surface area contributed by atoms with Crippen molar-refractivity contribution in [2.75, 3.05) is 5.32 Å². The minimum atomic E-state index is -0.306. The van der Waals surface area contributed by atoms with Crippen LogP contribution >= 0.6 is 0 Å². The predicted molar refractivity (Wildman–Crippen MR) is 73.8 cm³/mol. The van der Waals surface area contributed by atoms with Crippen molar-refractivity contribution in [3.8, 4) is 5.75 Å². The van der Waals surface area contributed by atoms with Gasteiger partial charge in [0.1, 0.15) is 11.6 Å². The Morgan fingerprint density at radius 1 is 1.32 bits per heavy atom. The van der Waals surface area contributed by atoms with Gasteiger partial charge in [-0.2, -0.15) is 5.10 Å². The molecular weight excluding hydrogens is 242 g/mol. The maximum absolute atomic E-state index is 11.1. The number of rotatable bonds is 3. The summed E-state index contributed by atoms with van der Waals surface area (Å²) >= 11 is 0. The molecule has 19 heavy (non-hydrogen) atoms. The largest absolute Gasteiger partial charge is 0.426 e. The fraction of sp³-hybridized carbons (Fsp3) is 0.286. The first-order chi connectivity index (χ1) is 8.99. The van der Waals surface area contributed by atoms with Crippen molar-refractivity contribution < 1.29 is 9.53 Å². The van der Waals surface area contributed by atoms with Gasteiger partial charge in [-0.05, 0) is 43.5 Å². The van der Waals surface area contributed by atoms with E-state index in [2.05, 4.69) is 15.5 Å². The lowest BCUT2D eigenvalue weighted by Gasteiger charge is -2.16. The van der Waals surface area contributed by atoms with Gasteiger partial charge in [0, 0.05) is 18.7 Å². The molecule has 1 heterocycles. The number of ether oxygens (including phenoxy) is 1. The van der Waals surface area contributed by atoms with Crippen LogP contribution < -0.4 is 10.1 Å². The Hall–Kier alpha value is -2.30. The summed E-state index contributed by atoms with van der Waals surface area (Å²) < 4.78 is 5.26. The zero-order valence-electron chi connectivity index (χ0n) is 11.5. The quantitative estimate of drug-likeness (QED) is 0.657. The topological polar surface area (TPSA) is 67.0 Å². The summed E-state index contributed by atoms with van der Waals surface area (Å²) in [5.74, 6) is 1.15. The highest BCUT2D eigenvalue weighted by atomic mass is 16.5. The van der Waals surface area contributed by atoms with E-state index < -0.39 is 0 Å². The number of nitrogens with one attached hydrogen (secondary N) is 2. The van der Waals surface area contributed by atoms with Gasteiger partial charge >= 0.3 is 5.97 Å². The zero-order chi connectivity index (χ0) is 14.0. The van der Waals surface area contributed by atoms with E-state index in [0.29, 0.717) is 5.75 Å². The van der Waals surface area contributed by atoms with Crippen molar-refractivity contribution in [1.29, 1.82) is 0 Å². The number of benzene rings is 1. The number of aromatic amines is 1. The number of esters is 1. The number of carbonyl (C=O) groups excluding carboxylic acids is 1. The van der Waals surface area contributed by atoms with E-state index in [1.165, 1.54) is 6.92 Å². The van der Waals surface area contributed by atoms with Gasteiger partial charge < -0.3 is 10.1 Å². The van der Waals surface area contributed by atoms with Crippen LogP contribution in [0.1, 0.15) is 23.6 Å². The van der Waals surface area contributed by atoms with Gasteiger partial charge in [-0.3, -0.25) is 9.89 Å². The van der Waals surface area contributed by atoms with Crippen molar-refractivity contribution in [2.45, 2.75) is 27.7 Å². The van der Waals surface area contributed by atoms with Crippen LogP contribution in [-0.2, 0) is 4.79 Å². The van der Waals surface area contributed by atoms with Gasteiger partial charge in [-0.1, -0.05) is 0 Å². The van der Waals surface area contributed by atoms with Crippen LogP contribution in [0.4, 0.5) is 11.5 Å². The molecule has 0 bridgehead atoms. The molecule has 0 aliphatic carbocycles. The molecule has 5 nitrogen and oxygen atoms in total. The molecule has 0 atom stereocenters. The molecule has 100 valence electrons. The number of carbonyl (C=O) groups is 1. The van der Waals surface area contributed by atoms with Crippen LogP contribution in [0.25, 0.3) is 0 Å².